The van der Waals surface area contributed by atoms with Crippen LogP contribution in [-0.4, -0.2) is 36.7 Å². The molecule has 0 amide bonds. The Hall–Kier alpha value is -1.79. The first kappa shape index (κ1) is 18.6. The fourth-order valence-corrected chi connectivity index (χ4v) is 5.72. The third-order valence-electron chi connectivity index (χ3n) is 6.45. The van der Waals surface area contributed by atoms with Crippen LogP contribution < -0.4 is 4.72 Å². The maximum absolute atomic E-state index is 11.6. The standard InChI is InChI=1S/C21H29N3O2S/c1-17(23-12-3-4-13-23)24-14-11-21(10-6-9-20(24)16-21)18-7-5-8-19(15-18)22-27(2,25)26/h3-5,7-8,12-13,15,17,20,22H,6,9-11,14,16H2,1-2H3. The Bertz CT molecular complexity index is 894. The van der Waals surface area contributed by atoms with Gasteiger partial charge in [0.2, 0.25) is 10.0 Å². The summed E-state index contributed by atoms with van der Waals surface area (Å²) in [5.41, 5.74) is 2.13. The SMILES string of the molecule is CC(N1CCC2(c3cccc(NS(C)(=O)=O)c3)CCCC1C2)n1cccc1. The monoisotopic (exact) mass is 387 g/mol. The summed E-state index contributed by atoms with van der Waals surface area (Å²) in [7, 11) is -3.25. The highest BCUT2D eigenvalue weighted by Crippen LogP contribution is 2.48. The second-order valence-electron chi connectivity index (χ2n) is 8.24. The van der Waals surface area contributed by atoms with Crippen molar-refractivity contribution in [3.05, 3.63) is 54.4 Å². The molecule has 3 unspecified atom stereocenters. The van der Waals surface area contributed by atoms with E-state index in [1.54, 1.807) is 0 Å². The number of nitrogens with one attached hydrogen (secondary N) is 1. The summed E-state index contributed by atoms with van der Waals surface area (Å²) < 4.78 is 28.1. The minimum absolute atomic E-state index is 0.172. The molecule has 1 saturated carbocycles. The molecule has 2 aromatic rings. The van der Waals surface area contributed by atoms with E-state index in [9.17, 15) is 8.42 Å². The number of likely N-dealkylation sites (tertiary alicyclic amines) is 1. The first-order valence-corrected chi connectivity index (χ1v) is 11.7. The first-order valence-electron chi connectivity index (χ1n) is 9.83. The van der Waals surface area contributed by atoms with Crippen LogP contribution in [0.4, 0.5) is 5.69 Å². The van der Waals surface area contributed by atoms with E-state index in [1.807, 2.05) is 12.1 Å². The fraction of sp³-hybridized carbons (Fsp3) is 0.524. The van der Waals surface area contributed by atoms with Crippen molar-refractivity contribution < 1.29 is 8.42 Å². The van der Waals surface area contributed by atoms with E-state index in [0.29, 0.717) is 17.9 Å². The van der Waals surface area contributed by atoms with Gasteiger partial charge < -0.3 is 4.57 Å². The topological polar surface area (TPSA) is 54.3 Å². The second-order valence-corrected chi connectivity index (χ2v) is 9.98. The highest BCUT2D eigenvalue weighted by Gasteiger charge is 2.44. The number of fused-ring (bicyclic) bond motifs is 2. The molecule has 6 heteroatoms. The minimum atomic E-state index is -3.25. The fourth-order valence-electron chi connectivity index (χ4n) is 5.16. The summed E-state index contributed by atoms with van der Waals surface area (Å²) in [4.78, 5) is 2.65. The van der Waals surface area contributed by atoms with E-state index < -0.39 is 10.0 Å². The zero-order valence-corrected chi connectivity index (χ0v) is 17.0. The van der Waals surface area contributed by atoms with E-state index in [2.05, 4.69) is 57.8 Å². The summed E-state index contributed by atoms with van der Waals surface area (Å²) in [5.74, 6) is 0. The number of rotatable bonds is 5. The first-order chi connectivity index (χ1) is 12.9. The highest BCUT2D eigenvalue weighted by molar-refractivity contribution is 7.92. The molecule has 1 aromatic carbocycles. The van der Waals surface area contributed by atoms with Gasteiger partial charge in [-0.05, 0) is 67.9 Å². The van der Waals surface area contributed by atoms with Crippen molar-refractivity contribution >= 4 is 15.7 Å². The van der Waals surface area contributed by atoms with Crippen LogP contribution >= 0.6 is 0 Å². The molecule has 0 spiro atoms. The number of nitrogens with zero attached hydrogens (tertiary/aromatic N) is 2. The maximum Gasteiger partial charge on any atom is 0.229 e. The molecule has 146 valence electrons. The van der Waals surface area contributed by atoms with Crippen LogP contribution in [0.3, 0.4) is 0 Å². The molecule has 27 heavy (non-hydrogen) atoms. The number of aromatic nitrogens is 1. The molecule has 1 aliphatic carbocycles. The van der Waals surface area contributed by atoms with Gasteiger partial charge in [0.15, 0.2) is 0 Å². The molecule has 3 atom stereocenters. The number of anilines is 1. The van der Waals surface area contributed by atoms with Gasteiger partial charge in [-0.2, -0.15) is 0 Å². The summed E-state index contributed by atoms with van der Waals surface area (Å²) in [6.45, 7) is 3.37. The van der Waals surface area contributed by atoms with E-state index in [1.165, 1.54) is 31.1 Å². The van der Waals surface area contributed by atoms with Crippen molar-refractivity contribution in [2.24, 2.45) is 0 Å². The molecule has 5 nitrogen and oxygen atoms in total. The lowest BCUT2D eigenvalue weighted by molar-refractivity contribution is 0.00172. The van der Waals surface area contributed by atoms with Gasteiger partial charge in [0.25, 0.3) is 0 Å². The molecule has 2 fully saturated rings. The molecule has 1 N–H and O–H groups in total. The summed E-state index contributed by atoms with van der Waals surface area (Å²) >= 11 is 0. The molecule has 1 aromatic heterocycles. The van der Waals surface area contributed by atoms with Crippen LogP contribution in [0.2, 0.25) is 0 Å². The Morgan fingerprint density at radius 1 is 1.19 bits per heavy atom. The lowest BCUT2D eigenvalue weighted by Gasteiger charge is -2.52. The van der Waals surface area contributed by atoms with Gasteiger partial charge in [-0.3, -0.25) is 9.62 Å². The van der Waals surface area contributed by atoms with Gasteiger partial charge in [-0.25, -0.2) is 8.42 Å². The second kappa shape index (κ2) is 6.99. The number of hydrogen-bond acceptors (Lipinski definition) is 3. The smallest absolute Gasteiger partial charge is 0.229 e. The maximum atomic E-state index is 11.6. The minimum Gasteiger partial charge on any atom is -0.339 e. The van der Waals surface area contributed by atoms with Gasteiger partial charge in [-0.15, -0.1) is 0 Å². The number of benzene rings is 1. The molecule has 0 radical (unpaired) electrons. The van der Waals surface area contributed by atoms with Crippen LogP contribution in [0, 0.1) is 0 Å². The van der Waals surface area contributed by atoms with E-state index in [0.717, 1.165) is 19.4 Å². The van der Waals surface area contributed by atoms with Gasteiger partial charge >= 0.3 is 0 Å². The Kier molecular flexibility index (Phi) is 4.80. The van der Waals surface area contributed by atoms with Crippen molar-refractivity contribution in [2.75, 3.05) is 17.5 Å². The Balaban J connectivity index is 1.57. The van der Waals surface area contributed by atoms with Gasteiger partial charge in [0.1, 0.15) is 0 Å². The third-order valence-corrected chi connectivity index (χ3v) is 7.06. The molecule has 2 heterocycles. The van der Waals surface area contributed by atoms with E-state index >= 15 is 0 Å². The lowest BCUT2D eigenvalue weighted by Crippen LogP contribution is -2.53. The van der Waals surface area contributed by atoms with Crippen molar-refractivity contribution in [2.45, 2.75) is 56.7 Å². The van der Waals surface area contributed by atoms with E-state index in [-0.39, 0.29) is 5.41 Å². The van der Waals surface area contributed by atoms with Crippen molar-refractivity contribution in [3.63, 3.8) is 0 Å². The van der Waals surface area contributed by atoms with Crippen molar-refractivity contribution in [1.29, 1.82) is 0 Å². The Morgan fingerprint density at radius 2 is 1.96 bits per heavy atom. The van der Waals surface area contributed by atoms with E-state index in [4.69, 9.17) is 0 Å². The largest absolute Gasteiger partial charge is 0.339 e. The van der Waals surface area contributed by atoms with Gasteiger partial charge in [0, 0.05) is 30.7 Å². The zero-order valence-electron chi connectivity index (χ0n) is 16.1. The van der Waals surface area contributed by atoms with Crippen LogP contribution in [0.25, 0.3) is 0 Å². The number of piperidine rings is 1. The Morgan fingerprint density at radius 3 is 2.70 bits per heavy atom. The Labute approximate surface area is 162 Å². The lowest BCUT2D eigenvalue weighted by atomic mass is 9.63. The number of sulfonamides is 1. The molecule has 1 aliphatic heterocycles. The molecule has 1 saturated heterocycles. The van der Waals surface area contributed by atoms with Crippen LogP contribution in [-0.2, 0) is 15.4 Å². The average Bonchev–Trinajstić information content (AvgIpc) is 3.15. The average molecular weight is 388 g/mol. The van der Waals surface area contributed by atoms with Crippen LogP contribution in [0.15, 0.2) is 48.8 Å². The molecular weight excluding hydrogens is 358 g/mol. The summed E-state index contributed by atoms with van der Waals surface area (Å²) in [6, 6.07) is 12.8. The molecular formula is C21H29N3O2S. The summed E-state index contributed by atoms with van der Waals surface area (Å²) in [5, 5.41) is 0. The molecule has 2 bridgehead atoms. The molecule has 4 rings (SSSR count). The predicted molar refractivity (Wildman–Crippen MR) is 109 cm³/mol. The van der Waals surface area contributed by atoms with Crippen molar-refractivity contribution in [3.8, 4) is 0 Å². The third kappa shape index (κ3) is 3.78. The summed E-state index contributed by atoms with van der Waals surface area (Å²) in [6.07, 6.45) is 11.8. The quantitative estimate of drug-likeness (QED) is 0.845. The zero-order chi connectivity index (χ0) is 19.1. The number of hydrogen-bond donors (Lipinski definition) is 1. The molecule has 2 aliphatic rings. The van der Waals surface area contributed by atoms with Gasteiger partial charge in [-0.1, -0.05) is 18.6 Å². The highest BCUT2D eigenvalue weighted by atomic mass is 32.2. The van der Waals surface area contributed by atoms with Crippen molar-refractivity contribution in [1.82, 2.24) is 9.47 Å². The normalized spacial score (nSPS) is 27.3. The van der Waals surface area contributed by atoms with Crippen LogP contribution in [0.1, 0.15) is 50.8 Å². The van der Waals surface area contributed by atoms with Gasteiger partial charge in [0.05, 0.1) is 12.4 Å². The predicted octanol–water partition coefficient (Wildman–Crippen LogP) is 3.96. The van der Waals surface area contributed by atoms with Crippen LogP contribution in [0.5, 0.6) is 0 Å².